The lowest BCUT2D eigenvalue weighted by Gasteiger charge is -2.18. The summed E-state index contributed by atoms with van der Waals surface area (Å²) in [4.78, 5) is 14.2. The van der Waals surface area contributed by atoms with Crippen LogP contribution in [0.4, 0.5) is 0 Å². The van der Waals surface area contributed by atoms with E-state index in [-0.39, 0.29) is 11.7 Å². The van der Waals surface area contributed by atoms with Crippen molar-refractivity contribution in [1.29, 1.82) is 0 Å². The SMILES string of the molecule is COc1ccc(CN(C)C(=O)CSc2nncn2Cc2ccco2)cc1OC. The van der Waals surface area contributed by atoms with Crippen LogP contribution in [-0.2, 0) is 17.9 Å². The number of rotatable bonds is 9. The van der Waals surface area contributed by atoms with Crippen LogP contribution in [0.1, 0.15) is 11.3 Å². The molecular weight excluding hydrogens is 380 g/mol. The third-order valence-corrected chi connectivity index (χ3v) is 5.07. The molecule has 9 heteroatoms. The molecule has 1 amide bonds. The number of benzene rings is 1. The van der Waals surface area contributed by atoms with Gasteiger partial charge in [-0.25, -0.2) is 0 Å². The van der Waals surface area contributed by atoms with Gasteiger partial charge in [0.05, 0.1) is 32.8 Å². The molecule has 0 fully saturated rings. The average Bonchev–Trinajstić information content (AvgIpc) is 3.38. The van der Waals surface area contributed by atoms with Gasteiger partial charge in [0.15, 0.2) is 16.7 Å². The minimum Gasteiger partial charge on any atom is -0.493 e. The average molecular weight is 402 g/mol. The number of hydrogen-bond donors (Lipinski definition) is 0. The molecule has 3 rings (SSSR count). The molecule has 0 saturated heterocycles. The Kier molecular flexibility index (Phi) is 6.59. The highest BCUT2D eigenvalue weighted by Crippen LogP contribution is 2.28. The van der Waals surface area contributed by atoms with E-state index >= 15 is 0 Å². The first-order valence-electron chi connectivity index (χ1n) is 8.58. The third-order valence-electron chi connectivity index (χ3n) is 4.10. The van der Waals surface area contributed by atoms with Crippen molar-refractivity contribution >= 4 is 17.7 Å². The first-order valence-corrected chi connectivity index (χ1v) is 9.57. The van der Waals surface area contributed by atoms with Crippen molar-refractivity contribution in [3.8, 4) is 11.5 Å². The van der Waals surface area contributed by atoms with E-state index in [2.05, 4.69) is 10.2 Å². The molecule has 8 nitrogen and oxygen atoms in total. The summed E-state index contributed by atoms with van der Waals surface area (Å²) >= 11 is 1.35. The smallest absolute Gasteiger partial charge is 0.233 e. The van der Waals surface area contributed by atoms with Crippen molar-refractivity contribution < 1.29 is 18.7 Å². The van der Waals surface area contributed by atoms with Crippen LogP contribution in [0.5, 0.6) is 11.5 Å². The van der Waals surface area contributed by atoms with Crippen molar-refractivity contribution in [3.63, 3.8) is 0 Å². The Balaban J connectivity index is 1.56. The van der Waals surface area contributed by atoms with Crippen LogP contribution in [0, 0.1) is 0 Å². The molecule has 0 N–H and O–H groups in total. The van der Waals surface area contributed by atoms with Crippen LogP contribution in [0.25, 0.3) is 0 Å². The molecule has 0 aliphatic heterocycles. The fraction of sp³-hybridized carbons (Fsp3) is 0.316. The minimum atomic E-state index is -0.00710. The fourth-order valence-corrected chi connectivity index (χ4v) is 3.47. The minimum absolute atomic E-state index is 0.00710. The molecule has 2 aromatic heterocycles. The standard InChI is InChI=1S/C19H22N4O4S/c1-22(10-14-6-7-16(25-2)17(9-14)26-3)18(24)12-28-19-21-20-13-23(19)11-15-5-4-8-27-15/h4-9,13H,10-12H2,1-3H3. The van der Waals surface area contributed by atoms with Gasteiger partial charge in [-0.2, -0.15) is 0 Å². The highest BCUT2D eigenvalue weighted by molar-refractivity contribution is 7.99. The molecule has 0 saturated carbocycles. The first-order chi connectivity index (χ1) is 13.6. The maximum Gasteiger partial charge on any atom is 0.233 e. The number of ether oxygens (including phenoxy) is 2. The van der Waals surface area contributed by atoms with Crippen molar-refractivity contribution in [3.05, 3.63) is 54.2 Å². The largest absolute Gasteiger partial charge is 0.493 e. The van der Waals surface area contributed by atoms with Crippen LogP contribution in [0.15, 0.2) is 52.5 Å². The summed E-state index contributed by atoms with van der Waals surface area (Å²) in [6.45, 7) is 0.997. The van der Waals surface area contributed by atoms with Crippen LogP contribution >= 0.6 is 11.8 Å². The van der Waals surface area contributed by atoms with Crippen LogP contribution in [-0.4, -0.2) is 52.6 Å². The highest BCUT2D eigenvalue weighted by Gasteiger charge is 2.14. The summed E-state index contributed by atoms with van der Waals surface area (Å²) < 4.78 is 17.8. The zero-order valence-corrected chi connectivity index (χ0v) is 16.8. The van der Waals surface area contributed by atoms with Crippen molar-refractivity contribution in [2.24, 2.45) is 0 Å². The quantitative estimate of drug-likeness (QED) is 0.509. The number of hydrogen-bond acceptors (Lipinski definition) is 7. The molecule has 1 aromatic carbocycles. The van der Waals surface area contributed by atoms with Crippen LogP contribution in [0.3, 0.4) is 0 Å². The van der Waals surface area contributed by atoms with E-state index in [4.69, 9.17) is 13.9 Å². The van der Waals surface area contributed by atoms with E-state index in [1.807, 2.05) is 34.9 Å². The molecule has 0 atom stereocenters. The van der Waals surface area contributed by atoms with Crippen LogP contribution in [0.2, 0.25) is 0 Å². The van der Waals surface area contributed by atoms with Gasteiger partial charge < -0.3 is 23.4 Å². The van der Waals surface area contributed by atoms with E-state index in [1.165, 1.54) is 11.8 Å². The molecule has 0 aliphatic carbocycles. The summed E-state index contributed by atoms with van der Waals surface area (Å²) in [6.07, 6.45) is 3.25. The molecule has 0 unspecified atom stereocenters. The Morgan fingerprint density at radius 3 is 2.79 bits per heavy atom. The number of carbonyl (C=O) groups is 1. The second kappa shape index (κ2) is 9.32. The number of carbonyl (C=O) groups excluding carboxylic acids is 1. The van der Waals surface area contributed by atoms with E-state index in [0.29, 0.717) is 29.7 Å². The number of methoxy groups -OCH3 is 2. The van der Waals surface area contributed by atoms with Gasteiger partial charge in [0.1, 0.15) is 12.1 Å². The molecule has 3 aromatic rings. The van der Waals surface area contributed by atoms with Gasteiger partial charge in [-0.15, -0.1) is 10.2 Å². The topological polar surface area (TPSA) is 82.6 Å². The van der Waals surface area contributed by atoms with E-state index in [1.54, 1.807) is 38.8 Å². The molecule has 0 bridgehead atoms. The summed E-state index contributed by atoms with van der Waals surface area (Å²) in [5.74, 6) is 2.36. The monoisotopic (exact) mass is 402 g/mol. The number of nitrogens with zero attached hydrogens (tertiary/aromatic N) is 4. The van der Waals surface area contributed by atoms with Crippen LogP contribution < -0.4 is 9.47 Å². The zero-order valence-electron chi connectivity index (χ0n) is 16.0. The molecular formula is C19H22N4O4S. The Morgan fingerprint density at radius 2 is 2.07 bits per heavy atom. The molecule has 0 spiro atoms. The predicted molar refractivity (Wildman–Crippen MR) is 105 cm³/mol. The van der Waals surface area contributed by atoms with Gasteiger partial charge >= 0.3 is 0 Å². The normalized spacial score (nSPS) is 10.7. The number of thioether (sulfide) groups is 1. The lowest BCUT2D eigenvalue weighted by molar-refractivity contribution is -0.127. The van der Waals surface area contributed by atoms with Crippen molar-refractivity contribution in [2.45, 2.75) is 18.2 Å². The molecule has 2 heterocycles. The lowest BCUT2D eigenvalue weighted by Crippen LogP contribution is -2.28. The predicted octanol–water partition coefficient (Wildman–Crippen LogP) is 2.69. The Morgan fingerprint density at radius 1 is 1.25 bits per heavy atom. The summed E-state index contributed by atoms with van der Waals surface area (Å²) in [5, 5.41) is 8.69. The third kappa shape index (κ3) is 4.86. The Hall–Kier alpha value is -2.94. The number of amides is 1. The van der Waals surface area contributed by atoms with E-state index in [0.717, 1.165) is 11.3 Å². The second-order valence-corrected chi connectivity index (χ2v) is 6.99. The number of furan rings is 1. The van der Waals surface area contributed by atoms with Gasteiger partial charge in [-0.1, -0.05) is 17.8 Å². The van der Waals surface area contributed by atoms with Crippen molar-refractivity contribution in [1.82, 2.24) is 19.7 Å². The van der Waals surface area contributed by atoms with Crippen molar-refractivity contribution in [2.75, 3.05) is 27.0 Å². The summed E-state index contributed by atoms with van der Waals surface area (Å²) in [6, 6.07) is 9.34. The summed E-state index contributed by atoms with van der Waals surface area (Å²) in [5.41, 5.74) is 0.958. The first kappa shape index (κ1) is 19.8. The summed E-state index contributed by atoms with van der Waals surface area (Å²) in [7, 11) is 4.95. The zero-order chi connectivity index (χ0) is 19.9. The molecule has 148 valence electrons. The maximum absolute atomic E-state index is 12.5. The molecule has 28 heavy (non-hydrogen) atoms. The lowest BCUT2D eigenvalue weighted by atomic mass is 10.2. The van der Waals surface area contributed by atoms with E-state index in [9.17, 15) is 4.79 Å². The Labute approximate surface area is 167 Å². The highest BCUT2D eigenvalue weighted by atomic mass is 32.2. The van der Waals surface area contributed by atoms with Gasteiger partial charge in [-0.3, -0.25) is 4.79 Å². The number of aromatic nitrogens is 3. The van der Waals surface area contributed by atoms with Gasteiger partial charge in [0.25, 0.3) is 0 Å². The molecule has 0 aliphatic rings. The van der Waals surface area contributed by atoms with Gasteiger partial charge in [0, 0.05) is 13.6 Å². The second-order valence-electron chi connectivity index (χ2n) is 6.05. The van der Waals surface area contributed by atoms with E-state index < -0.39 is 0 Å². The maximum atomic E-state index is 12.5. The fourth-order valence-electron chi connectivity index (χ4n) is 2.61. The molecule has 0 radical (unpaired) electrons. The van der Waals surface area contributed by atoms with Gasteiger partial charge in [0.2, 0.25) is 5.91 Å². The Bertz CT molecular complexity index is 911. The van der Waals surface area contributed by atoms with Gasteiger partial charge in [-0.05, 0) is 29.8 Å².